The molecule has 0 bridgehead atoms. The van der Waals surface area contributed by atoms with E-state index in [-0.39, 0.29) is 11.5 Å². The van der Waals surface area contributed by atoms with Gasteiger partial charge in [0.25, 0.3) is 0 Å². The van der Waals surface area contributed by atoms with Crippen molar-refractivity contribution in [3.8, 4) is 17.2 Å². The molecule has 4 heteroatoms. The van der Waals surface area contributed by atoms with Crippen LogP contribution in [0.3, 0.4) is 0 Å². The maximum atomic E-state index is 11.2. The topological polar surface area (TPSA) is 49.7 Å². The van der Waals surface area contributed by atoms with E-state index in [2.05, 4.69) is 166 Å². The molecule has 0 aliphatic carbocycles. The van der Waals surface area contributed by atoms with Gasteiger partial charge in [0.15, 0.2) is 0 Å². The summed E-state index contributed by atoms with van der Waals surface area (Å²) >= 11 is 0. The number of aryl methyl sites for hydroxylation is 3. The standard InChI is InChI=1S/C51H51O3P/c1-38-24-26-49(52)45(28-38)32-47-30-40(3)31-48(33-46-29-39(2)25-27-50(46)53)51(47)54-55(34-41-16-8-4-9-17-41,35-42-18-10-5-11-19-42,36-43-20-12-6-13-21-43)37-44-22-14-7-15-23-44/h4-31,52-53H,32-37H2,1-3H3. The number of phenolic OH excluding ortho intramolecular Hbond substituents is 2. The van der Waals surface area contributed by atoms with Crippen LogP contribution < -0.4 is 4.52 Å². The molecule has 0 unspecified atom stereocenters. The van der Waals surface area contributed by atoms with Gasteiger partial charge in [-0.25, -0.2) is 0 Å². The number of rotatable bonds is 14. The third-order valence-electron chi connectivity index (χ3n) is 10.7. The van der Waals surface area contributed by atoms with Crippen molar-refractivity contribution >= 4 is 6.83 Å². The van der Waals surface area contributed by atoms with Gasteiger partial charge >= 0.3 is 328 Å². The molecular weight excluding hydrogens is 692 g/mol. The molecule has 3 nitrogen and oxygen atoms in total. The van der Waals surface area contributed by atoms with Crippen LogP contribution in [0.2, 0.25) is 0 Å². The molecule has 0 aromatic heterocycles. The zero-order valence-corrected chi connectivity index (χ0v) is 33.1. The first kappa shape index (κ1) is 37.7. The molecule has 0 saturated heterocycles. The van der Waals surface area contributed by atoms with Crippen LogP contribution in [-0.4, -0.2) is 10.2 Å². The van der Waals surface area contributed by atoms with Crippen LogP contribution >= 0.6 is 6.83 Å². The molecule has 7 aromatic carbocycles. The number of aromatic hydroxyl groups is 2. The maximum absolute atomic E-state index is 11.2. The first-order valence-electron chi connectivity index (χ1n) is 19.2. The third kappa shape index (κ3) is 9.19. The van der Waals surface area contributed by atoms with Crippen LogP contribution in [-0.2, 0) is 37.5 Å². The first-order valence-corrected chi connectivity index (χ1v) is 22.1. The zero-order valence-electron chi connectivity index (χ0n) is 32.2. The summed E-state index contributed by atoms with van der Waals surface area (Å²) in [5.74, 6) is 1.40. The number of benzene rings is 7. The Balaban J connectivity index is 1.55. The average Bonchev–Trinajstić information content (AvgIpc) is 3.17. The Kier molecular flexibility index (Phi) is 11.2. The molecular formula is C51H51O3P. The molecule has 0 amide bonds. The van der Waals surface area contributed by atoms with Crippen molar-refractivity contribution in [2.45, 2.75) is 58.3 Å². The van der Waals surface area contributed by atoms with Crippen molar-refractivity contribution in [3.63, 3.8) is 0 Å². The number of phenols is 2. The molecule has 0 fully saturated rings. The summed E-state index contributed by atoms with van der Waals surface area (Å²) in [4.78, 5) is 0. The fraction of sp³-hybridized carbons (Fsp3) is 0.176. The Labute approximate surface area is 327 Å². The SMILES string of the molecule is Cc1ccc(O)c(Cc2cc(C)cc(Cc3cc(C)ccc3O)c2OP(Cc2ccccc2)(Cc2ccccc2)(Cc2ccccc2)Cc2ccccc2)c1. The zero-order chi connectivity index (χ0) is 38.3. The summed E-state index contributed by atoms with van der Waals surface area (Å²) in [5, 5.41) is 22.4. The second-order valence-electron chi connectivity index (χ2n) is 15.6. The van der Waals surface area contributed by atoms with Crippen LogP contribution in [0.5, 0.6) is 17.2 Å². The molecule has 7 rings (SSSR count). The molecule has 0 saturated carbocycles. The average molecular weight is 743 g/mol. The van der Waals surface area contributed by atoms with Gasteiger partial charge in [-0.2, -0.15) is 0 Å². The van der Waals surface area contributed by atoms with Gasteiger partial charge in [-0.1, -0.05) is 0 Å². The van der Waals surface area contributed by atoms with Gasteiger partial charge in [0, 0.05) is 0 Å². The van der Waals surface area contributed by atoms with Gasteiger partial charge in [0.2, 0.25) is 0 Å². The van der Waals surface area contributed by atoms with E-state index in [1.54, 1.807) is 12.1 Å². The van der Waals surface area contributed by atoms with Crippen LogP contribution in [0, 0.1) is 20.8 Å². The summed E-state index contributed by atoms with van der Waals surface area (Å²) in [5.41, 5.74) is 12.0. The van der Waals surface area contributed by atoms with Gasteiger partial charge < -0.3 is 0 Å². The molecule has 0 atom stereocenters. The van der Waals surface area contributed by atoms with Crippen molar-refractivity contribution in [3.05, 3.63) is 231 Å². The summed E-state index contributed by atoms with van der Waals surface area (Å²) in [6.07, 6.45) is 4.01. The van der Waals surface area contributed by atoms with Crippen LogP contribution in [0.15, 0.2) is 170 Å². The number of hydrogen-bond donors (Lipinski definition) is 2. The molecule has 0 heterocycles. The van der Waals surface area contributed by atoms with E-state index in [1.807, 2.05) is 12.1 Å². The molecule has 0 spiro atoms. The third-order valence-corrected chi connectivity index (χ3v) is 16.0. The van der Waals surface area contributed by atoms with Gasteiger partial charge in [0.1, 0.15) is 0 Å². The Morgan fingerprint density at radius 1 is 0.382 bits per heavy atom. The van der Waals surface area contributed by atoms with Gasteiger partial charge in [0.05, 0.1) is 0 Å². The molecule has 55 heavy (non-hydrogen) atoms. The molecule has 0 radical (unpaired) electrons. The fourth-order valence-corrected chi connectivity index (χ4v) is 14.6. The van der Waals surface area contributed by atoms with E-state index in [0.717, 1.165) is 69.3 Å². The molecule has 2 N–H and O–H groups in total. The molecule has 0 aliphatic rings. The first-order chi connectivity index (χ1) is 26.6. The van der Waals surface area contributed by atoms with E-state index in [1.165, 1.54) is 22.3 Å². The quantitative estimate of drug-likeness (QED) is 0.109. The van der Waals surface area contributed by atoms with Crippen LogP contribution in [0.4, 0.5) is 0 Å². The van der Waals surface area contributed by atoms with Crippen molar-refractivity contribution in [2.75, 3.05) is 0 Å². The molecule has 0 aliphatic heterocycles. The van der Waals surface area contributed by atoms with Gasteiger partial charge in [-0.15, -0.1) is 0 Å². The van der Waals surface area contributed by atoms with Crippen molar-refractivity contribution < 1.29 is 14.7 Å². The fourth-order valence-electron chi connectivity index (χ4n) is 8.33. The number of hydrogen-bond acceptors (Lipinski definition) is 3. The predicted octanol–water partition coefficient (Wildman–Crippen LogP) is 12.9. The Morgan fingerprint density at radius 3 is 1.02 bits per heavy atom. The van der Waals surface area contributed by atoms with E-state index in [9.17, 15) is 10.2 Å². The van der Waals surface area contributed by atoms with Gasteiger partial charge in [-0.05, 0) is 0 Å². The summed E-state index contributed by atoms with van der Waals surface area (Å²) in [7, 11) is 0. The van der Waals surface area contributed by atoms with Crippen LogP contribution in [0.25, 0.3) is 0 Å². The minimum atomic E-state index is -3.58. The van der Waals surface area contributed by atoms with E-state index >= 15 is 0 Å². The summed E-state index contributed by atoms with van der Waals surface area (Å²) in [6.45, 7) is 2.68. The monoisotopic (exact) mass is 742 g/mol. The van der Waals surface area contributed by atoms with E-state index in [0.29, 0.717) is 12.8 Å². The normalized spacial score (nSPS) is 12.2. The van der Waals surface area contributed by atoms with E-state index < -0.39 is 6.83 Å². The predicted molar refractivity (Wildman–Crippen MR) is 231 cm³/mol. The van der Waals surface area contributed by atoms with E-state index in [4.69, 9.17) is 4.52 Å². The minimum absolute atomic E-state index is 0.274. The molecule has 7 aromatic rings. The Hall–Kier alpha value is -5.63. The van der Waals surface area contributed by atoms with Crippen LogP contribution in [0.1, 0.15) is 61.2 Å². The second-order valence-corrected chi connectivity index (χ2v) is 20.7. The van der Waals surface area contributed by atoms with Crippen molar-refractivity contribution in [1.82, 2.24) is 0 Å². The van der Waals surface area contributed by atoms with Crippen molar-refractivity contribution in [1.29, 1.82) is 0 Å². The van der Waals surface area contributed by atoms with Gasteiger partial charge in [-0.3, -0.25) is 0 Å². The van der Waals surface area contributed by atoms with Crippen molar-refractivity contribution in [2.24, 2.45) is 0 Å². The Morgan fingerprint density at radius 2 is 0.691 bits per heavy atom. The summed E-state index contributed by atoms with van der Waals surface area (Å²) in [6, 6.07) is 59.5. The summed E-state index contributed by atoms with van der Waals surface area (Å²) < 4.78 is 8.37. The second kappa shape index (κ2) is 16.4. The Bertz CT molecular complexity index is 2100. The molecule has 278 valence electrons.